The second-order valence-corrected chi connectivity index (χ2v) is 1.02. The van der Waals surface area contributed by atoms with Crippen molar-refractivity contribution < 1.29 is 4.39 Å². The average molecular weight is 71.9 g/mol. The summed E-state index contributed by atoms with van der Waals surface area (Å²) in [6.45, 7) is 1.43. The first-order valence-corrected chi connectivity index (χ1v) is 1.61. The van der Waals surface area contributed by atoms with Crippen LogP contribution in [0.25, 0.3) is 0 Å². The van der Waals surface area contributed by atoms with Crippen molar-refractivity contribution >= 4 is 7.85 Å². The van der Waals surface area contributed by atoms with Gasteiger partial charge in [0.15, 0.2) is 0 Å². The Hall–Kier alpha value is -0.00506. The molecule has 0 aromatic rings. The summed E-state index contributed by atoms with van der Waals surface area (Å²) in [5.41, 5.74) is 0. The summed E-state index contributed by atoms with van der Waals surface area (Å²) in [5.74, 6) is 0. The molecule has 2 radical (unpaired) electrons. The topological polar surface area (TPSA) is 0 Å². The molecular formula is C3H6BF. The van der Waals surface area contributed by atoms with E-state index < -0.39 is 6.17 Å². The van der Waals surface area contributed by atoms with E-state index in [-0.39, 0.29) is 6.32 Å². The molecule has 5 heavy (non-hydrogen) atoms. The summed E-state index contributed by atoms with van der Waals surface area (Å²) in [6.07, 6.45) is -0.699. The summed E-state index contributed by atoms with van der Waals surface area (Å²) < 4.78 is 11.3. The van der Waals surface area contributed by atoms with Crippen LogP contribution in [-0.4, -0.2) is 14.0 Å². The van der Waals surface area contributed by atoms with Crippen LogP contribution in [0.2, 0.25) is 6.32 Å². The number of halogens is 1. The van der Waals surface area contributed by atoms with Gasteiger partial charge in [-0.2, -0.15) is 0 Å². The second kappa shape index (κ2) is 2.25. The fourth-order valence-electron chi connectivity index (χ4n) is 0. The van der Waals surface area contributed by atoms with E-state index in [1.165, 1.54) is 6.92 Å². The van der Waals surface area contributed by atoms with E-state index in [0.717, 1.165) is 0 Å². The number of hydrogen-bond acceptors (Lipinski definition) is 0. The van der Waals surface area contributed by atoms with Crippen LogP contribution in [0.4, 0.5) is 4.39 Å². The van der Waals surface area contributed by atoms with Crippen molar-refractivity contribution in [3.05, 3.63) is 0 Å². The maximum atomic E-state index is 11.3. The lowest BCUT2D eigenvalue weighted by Crippen LogP contribution is -1.86. The van der Waals surface area contributed by atoms with E-state index in [2.05, 4.69) is 0 Å². The van der Waals surface area contributed by atoms with E-state index >= 15 is 0 Å². The van der Waals surface area contributed by atoms with Gasteiger partial charge in [0.25, 0.3) is 0 Å². The largest absolute Gasteiger partial charge is 0.249 e. The Balaban J connectivity index is 2.54. The zero-order valence-corrected chi connectivity index (χ0v) is 3.24. The van der Waals surface area contributed by atoms with E-state index in [4.69, 9.17) is 7.85 Å². The molecule has 1 unspecified atom stereocenters. The van der Waals surface area contributed by atoms with Crippen molar-refractivity contribution in [1.29, 1.82) is 0 Å². The van der Waals surface area contributed by atoms with Gasteiger partial charge in [0.05, 0.1) is 14.0 Å². The van der Waals surface area contributed by atoms with Crippen LogP contribution >= 0.6 is 0 Å². The molecule has 1 atom stereocenters. The molecule has 0 spiro atoms. The zero-order valence-electron chi connectivity index (χ0n) is 3.24. The molecular weight excluding hydrogens is 65.8 g/mol. The summed E-state index contributed by atoms with van der Waals surface area (Å²) in [5, 5.41) is 0. The van der Waals surface area contributed by atoms with Gasteiger partial charge in [0.1, 0.15) is 0 Å². The Bertz CT molecular complexity index is 20.9. The summed E-state index contributed by atoms with van der Waals surface area (Å²) in [7, 11) is 4.80. The molecule has 0 fully saturated rings. The van der Waals surface area contributed by atoms with E-state index in [1.54, 1.807) is 0 Å². The molecule has 0 N–H and O–H groups in total. The van der Waals surface area contributed by atoms with Crippen LogP contribution in [0.3, 0.4) is 0 Å². The Morgan fingerprint density at radius 1 is 2.00 bits per heavy atom. The molecule has 2 heteroatoms. The predicted molar refractivity (Wildman–Crippen MR) is 21.1 cm³/mol. The van der Waals surface area contributed by atoms with Crippen LogP contribution in [-0.2, 0) is 0 Å². The molecule has 0 nitrogen and oxygen atoms in total. The van der Waals surface area contributed by atoms with Gasteiger partial charge < -0.3 is 0 Å². The Morgan fingerprint density at radius 2 is 2.20 bits per heavy atom. The minimum Gasteiger partial charge on any atom is -0.249 e. The molecule has 0 aliphatic rings. The standard InChI is InChI=1S/C3H6BF/c1-3(5)2-4/h3H,2H2,1H3. The average Bonchev–Trinajstić information content (AvgIpc) is 1.38. The lowest BCUT2D eigenvalue weighted by atomic mass is 10.0. The highest BCUT2D eigenvalue weighted by Crippen LogP contribution is 1.88. The minimum absolute atomic E-state index is 0.139. The molecule has 0 rings (SSSR count). The predicted octanol–water partition coefficient (Wildman–Crippen LogP) is 0.931. The normalized spacial score (nSPS) is 14.8. The van der Waals surface area contributed by atoms with E-state index in [1.807, 2.05) is 0 Å². The Kier molecular flexibility index (Phi) is 2.24. The zero-order chi connectivity index (χ0) is 4.28. The van der Waals surface area contributed by atoms with E-state index in [9.17, 15) is 4.39 Å². The maximum absolute atomic E-state index is 11.3. The van der Waals surface area contributed by atoms with Gasteiger partial charge >= 0.3 is 0 Å². The van der Waals surface area contributed by atoms with Crippen molar-refractivity contribution in [3.8, 4) is 0 Å². The van der Waals surface area contributed by atoms with Crippen molar-refractivity contribution in [2.24, 2.45) is 0 Å². The SMILES string of the molecule is [B]CC(C)F. The Morgan fingerprint density at radius 3 is 2.20 bits per heavy atom. The quantitative estimate of drug-likeness (QED) is 0.404. The molecule has 0 bridgehead atoms. The molecule has 28 valence electrons. The highest BCUT2D eigenvalue weighted by atomic mass is 19.1. The van der Waals surface area contributed by atoms with Gasteiger partial charge in [0, 0.05) is 0 Å². The van der Waals surface area contributed by atoms with Gasteiger partial charge in [-0.3, -0.25) is 0 Å². The van der Waals surface area contributed by atoms with Gasteiger partial charge in [-0.25, -0.2) is 4.39 Å². The smallest absolute Gasteiger partial charge is 0.0897 e. The number of rotatable bonds is 1. The first kappa shape index (κ1) is 4.99. The van der Waals surface area contributed by atoms with E-state index in [0.29, 0.717) is 0 Å². The minimum atomic E-state index is -0.838. The third kappa shape index (κ3) is 3.99. The lowest BCUT2D eigenvalue weighted by molar-refractivity contribution is 0.392. The van der Waals surface area contributed by atoms with Crippen LogP contribution in [0, 0.1) is 0 Å². The lowest BCUT2D eigenvalue weighted by Gasteiger charge is -1.86. The monoisotopic (exact) mass is 72.1 g/mol. The molecule has 0 aromatic heterocycles. The fourth-order valence-corrected chi connectivity index (χ4v) is 0. The number of hydrogen-bond donors (Lipinski definition) is 0. The summed E-state index contributed by atoms with van der Waals surface area (Å²) in [4.78, 5) is 0. The molecule has 0 saturated heterocycles. The summed E-state index contributed by atoms with van der Waals surface area (Å²) >= 11 is 0. The van der Waals surface area contributed by atoms with Gasteiger partial charge in [0.2, 0.25) is 0 Å². The molecule has 0 aliphatic carbocycles. The van der Waals surface area contributed by atoms with Gasteiger partial charge in [-0.05, 0) is 6.92 Å². The van der Waals surface area contributed by atoms with Crippen LogP contribution in [0.15, 0.2) is 0 Å². The Labute approximate surface area is 32.8 Å². The summed E-state index contributed by atoms with van der Waals surface area (Å²) in [6, 6.07) is 0. The van der Waals surface area contributed by atoms with Crippen LogP contribution in [0.1, 0.15) is 6.92 Å². The highest BCUT2D eigenvalue weighted by molar-refractivity contribution is 6.08. The first-order chi connectivity index (χ1) is 2.27. The number of alkyl halides is 1. The first-order valence-electron chi connectivity index (χ1n) is 1.61. The molecule has 0 heterocycles. The second-order valence-electron chi connectivity index (χ2n) is 1.02. The van der Waals surface area contributed by atoms with Crippen LogP contribution in [0.5, 0.6) is 0 Å². The highest BCUT2D eigenvalue weighted by Gasteiger charge is 1.85. The third-order valence-corrected chi connectivity index (χ3v) is 0.325. The van der Waals surface area contributed by atoms with Gasteiger partial charge in [-0.1, -0.05) is 6.32 Å². The van der Waals surface area contributed by atoms with Crippen molar-refractivity contribution in [3.63, 3.8) is 0 Å². The molecule has 0 amide bonds. The molecule has 0 saturated carbocycles. The molecule has 0 aliphatic heterocycles. The van der Waals surface area contributed by atoms with Crippen molar-refractivity contribution in [2.75, 3.05) is 0 Å². The maximum Gasteiger partial charge on any atom is 0.0897 e. The van der Waals surface area contributed by atoms with Crippen molar-refractivity contribution in [2.45, 2.75) is 19.4 Å². The van der Waals surface area contributed by atoms with Crippen molar-refractivity contribution in [1.82, 2.24) is 0 Å². The molecule has 0 aromatic carbocycles. The van der Waals surface area contributed by atoms with Gasteiger partial charge in [-0.15, -0.1) is 0 Å². The third-order valence-electron chi connectivity index (χ3n) is 0.325. The fraction of sp³-hybridized carbons (Fsp3) is 1.00. The van der Waals surface area contributed by atoms with Crippen LogP contribution < -0.4 is 0 Å².